The van der Waals surface area contributed by atoms with Gasteiger partial charge in [0.2, 0.25) is 5.88 Å². The molecule has 2 rings (SSSR count). The van der Waals surface area contributed by atoms with Crippen LogP contribution in [0.15, 0.2) is 30.3 Å². The van der Waals surface area contributed by atoms with Crippen LogP contribution < -0.4 is 16.0 Å². The maximum absolute atomic E-state index is 5.97. The van der Waals surface area contributed by atoms with Crippen LogP contribution in [0.1, 0.15) is 39.1 Å². The molecular weight excluding hydrogens is 264 g/mol. The highest BCUT2D eigenvalue weighted by molar-refractivity contribution is 5.43. The molecule has 2 aromatic rings. The summed E-state index contributed by atoms with van der Waals surface area (Å²) in [5.74, 6) is 7.97. The SMILES string of the molecule is CCc1nc(NN)cc(Oc2ccccc2C(C)(C)C)n1. The van der Waals surface area contributed by atoms with Crippen molar-refractivity contribution in [1.82, 2.24) is 9.97 Å². The van der Waals surface area contributed by atoms with E-state index in [9.17, 15) is 0 Å². The van der Waals surface area contributed by atoms with Crippen LogP contribution in [0.2, 0.25) is 0 Å². The number of benzene rings is 1. The third-order valence-electron chi connectivity index (χ3n) is 3.12. The summed E-state index contributed by atoms with van der Waals surface area (Å²) in [4.78, 5) is 8.65. The van der Waals surface area contributed by atoms with E-state index in [1.54, 1.807) is 6.07 Å². The number of nitrogens with two attached hydrogens (primary N) is 1. The molecule has 0 aliphatic rings. The molecule has 0 bridgehead atoms. The van der Waals surface area contributed by atoms with Crippen LogP contribution in [0.4, 0.5) is 5.82 Å². The van der Waals surface area contributed by atoms with Crippen molar-refractivity contribution in [3.63, 3.8) is 0 Å². The molecule has 1 heterocycles. The number of para-hydroxylation sites is 1. The zero-order chi connectivity index (χ0) is 15.5. The highest BCUT2D eigenvalue weighted by atomic mass is 16.5. The lowest BCUT2D eigenvalue weighted by Gasteiger charge is -2.22. The van der Waals surface area contributed by atoms with Crippen molar-refractivity contribution >= 4 is 5.82 Å². The Morgan fingerprint density at radius 1 is 1.19 bits per heavy atom. The van der Waals surface area contributed by atoms with Crippen LogP contribution in [0, 0.1) is 0 Å². The van der Waals surface area contributed by atoms with E-state index in [1.807, 2.05) is 25.1 Å². The number of hydrazine groups is 1. The molecule has 3 N–H and O–H groups in total. The van der Waals surface area contributed by atoms with Gasteiger partial charge < -0.3 is 10.2 Å². The molecule has 0 spiro atoms. The van der Waals surface area contributed by atoms with Gasteiger partial charge in [0.1, 0.15) is 17.4 Å². The first-order valence-electron chi connectivity index (χ1n) is 7.06. The Morgan fingerprint density at radius 3 is 2.52 bits per heavy atom. The Morgan fingerprint density at radius 2 is 1.90 bits per heavy atom. The summed E-state index contributed by atoms with van der Waals surface area (Å²) < 4.78 is 5.97. The van der Waals surface area contributed by atoms with Crippen LogP contribution in [0.3, 0.4) is 0 Å². The van der Waals surface area contributed by atoms with E-state index >= 15 is 0 Å². The van der Waals surface area contributed by atoms with Crippen molar-refractivity contribution in [2.75, 3.05) is 5.43 Å². The normalized spacial score (nSPS) is 11.3. The smallest absolute Gasteiger partial charge is 0.224 e. The summed E-state index contributed by atoms with van der Waals surface area (Å²) >= 11 is 0. The van der Waals surface area contributed by atoms with E-state index in [4.69, 9.17) is 10.6 Å². The average molecular weight is 286 g/mol. The van der Waals surface area contributed by atoms with Gasteiger partial charge in [0.25, 0.3) is 0 Å². The molecule has 0 fully saturated rings. The number of rotatable bonds is 4. The highest BCUT2D eigenvalue weighted by Gasteiger charge is 2.19. The zero-order valence-corrected chi connectivity index (χ0v) is 13.0. The Labute approximate surface area is 125 Å². The Hall–Kier alpha value is -2.14. The average Bonchev–Trinajstić information content (AvgIpc) is 2.46. The van der Waals surface area contributed by atoms with Crippen molar-refractivity contribution in [3.8, 4) is 11.6 Å². The van der Waals surface area contributed by atoms with Crippen LogP contribution >= 0.6 is 0 Å². The molecule has 0 radical (unpaired) electrons. The number of ether oxygens (including phenoxy) is 1. The molecule has 0 saturated carbocycles. The van der Waals surface area contributed by atoms with Crippen LogP contribution in [0.5, 0.6) is 11.6 Å². The number of aromatic nitrogens is 2. The standard InChI is InChI=1S/C16H22N4O/c1-5-13-18-14(20-17)10-15(19-13)21-12-9-7-6-8-11(12)16(2,3)4/h6-10H,5,17H2,1-4H3,(H,18,19,20). The quantitative estimate of drug-likeness (QED) is 0.665. The number of nitrogens with zero attached hydrogens (tertiary/aromatic N) is 2. The number of nitrogens with one attached hydrogen (secondary N) is 1. The fraction of sp³-hybridized carbons (Fsp3) is 0.375. The predicted octanol–water partition coefficient (Wildman–Crippen LogP) is 3.41. The summed E-state index contributed by atoms with van der Waals surface area (Å²) in [6.45, 7) is 8.45. The summed E-state index contributed by atoms with van der Waals surface area (Å²) in [5.41, 5.74) is 3.66. The Balaban J connectivity index is 2.39. The lowest BCUT2D eigenvalue weighted by Crippen LogP contribution is -2.13. The van der Waals surface area contributed by atoms with Crippen molar-refractivity contribution in [1.29, 1.82) is 0 Å². The summed E-state index contributed by atoms with van der Waals surface area (Å²) in [7, 11) is 0. The highest BCUT2D eigenvalue weighted by Crippen LogP contribution is 2.33. The first-order chi connectivity index (χ1) is 9.94. The molecule has 0 aliphatic carbocycles. The molecule has 0 unspecified atom stereocenters. The first-order valence-corrected chi connectivity index (χ1v) is 7.06. The van der Waals surface area contributed by atoms with E-state index in [0.29, 0.717) is 23.9 Å². The molecule has 1 aromatic heterocycles. The van der Waals surface area contributed by atoms with Crippen molar-refractivity contribution in [2.24, 2.45) is 5.84 Å². The van der Waals surface area contributed by atoms with Gasteiger partial charge in [0.15, 0.2) is 0 Å². The molecule has 112 valence electrons. The van der Waals surface area contributed by atoms with E-state index in [-0.39, 0.29) is 5.41 Å². The number of hydrogen-bond donors (Lipinski definition) is 2. The predicted molar refractivity (Wildman–Crippen MR) is 84.4 cm³/mol. The lowest BCUT2D eigenvalue weighted by atomic mass is 9.86. The van der Waals surface area contributed by atoms with Gasteiger partial charge in [-0.05, 0) is 11.5 Å². The van der Waals surface area contributed by atoms with Crippen molar-refractivity contribution in [3.05, 3.63) is 41.7 Å². The van der Waals surface area contributed by atoms with Gasteiger partial charge in [-0.3, -0.25) is 0 Å². The first kappa shape index (κ1) is 15.3. The monoisotopic (exact) mass is 286 g/mol. The maximum Gasteiger partial charge on any atom is 0.224 e. The maximum atomic E-state index is 5.97. The molecule has 5 heteroatoms. The van der Waals surface area contributed by atoms with Gasteiger partial charge in [0, 0.05) is 18.1 Å². The number of hydrogen-bond acceptors (Lipinski definition) is 5. The van der Waals surface area contributed by atoms with Gasteiger partial charge in [-0.15, -0.1) is 0 Å². The number of nitrogen functional groups attached to an aromatic ring is 1. The van der Waals surface area contributed by atoms with E-state index < -0.39 is 0 Å². The fourth-order valence-corrected chi connectivity index (χ4v) is 2.04. The Bertz CT molecular complexity index is 598. The number of anilines is 1. The second kappa shape index (κ2) is 6.10. The van der Waals surface area contributed by atoms with Gasteiger partial charge in [-0.2, -0.15) is 4.98 Å². The second-order valence-electron chi connectivity index (χ2n) is 5.85. The Kier molecular flexibility index (Phi) is 4.43. The molecule has 21 heavy (non-hydrogen) atoms. The molecule has 0 aliphatic heterocycles. The minimum Gasteiger partial charge on any atom is -0.439 e. The molecular formula is C16H22N4O. The largest absolute Gasteiger partial charge is 0.439 e. The zero-order valence-electron chi connectivity index (χ0n) is 13.0. The molecule has 0 saturated heterocycles. The summed E-state index contributed by atoms with van der Waals surface area (Å²) in [6.07, 6.45) is 0.715. The second-order valence-corrected chi connectivity index (χ2v) is 5.85. The van der Waals surface area contributed by atoms with Crippen molar-refractivity contribution in [2.45, 2.75) is 39.5 Å². The minimum atomic E-state index is -0.00778. The van der Waals surface area contributed by atoms with Gasteiger partial charge in [-0.25, -0.2) is 10.8 Å². The molecule has 5 nitrogen and oxygen atoms in total. The van der Waals surface area contributed by atoms with E-state index in [2.05, 4.69) is 42.2 Å². The van der Waals surface area contributed by atoms with Gasteiger partial charge >= 0.3 is 0 Å². The van der Waals surface area contributed by atoms with E-state index in [0.717, 1.165) is 11.3 Å². The molecule has 0 amide bonds. The third kappa shape index (κ3) is 3.70. The fourth-order valence-electron chi connectivity index (χ4n) is 2.04. The van der Waals surface area contributed by atoms with Crippen LogP contribution in [-0.4, -0.2) is 9.97 Å². The van der Waals surface area contributed by atoms with Crippen LogP contribution in [0.25, 0.3) is 0 Å². The summed E-state index contributed by atoms with van der Waals surface area (Å²) in [6, 6.07) is 9.67. The lowest BCUT2D eigenvalue weighted by molar-refractivity contribution is 0.437. The topological polar surface area (TPSA) is 73.1 Å². The third-order valence-corrected chi connectivity index (χ3v) is 3.12. The van der Waals surface area contributed by atoms with E-state index in [1.165, 1.54) is 0 Å². The van der Waals surface area contributed by atoms with Crippen molar-refractivity contribution < 1.29 is 4.74 Å². The van der Waals surface area contributed by atoms with Gasteiger partial charge in [0.05, 0.1) is 0 Å². The summed E-state index contributed by atoms with van der Waals surface area (Å²) in [5, 5.41) is 0. The van der Waals surface area contributed by atoms with Crippen LogP contribution in [-0.2, 0) is 11.8 Å². The molecule has 1 aromatic carbocycles. The van der Waals surface area contributed by atoms with Gasteiger partial charge in [-0.1, -0.05) is 45.9 Å². The number of aryl methyl sites for hydroxylation is 1. The molecule has 0 atom stereocenters. The minimum absolute atomic E-state index is 0.00778.